The summed E-state index contributed by atoms with van der Waals surface area (Å²) in [4.78, 5) is 2.43. The van der Waals surface area contributed by atoms with E-state index in [0.29, 0.717) is 27.7 Å². The number of likely N-dealkylation sites (tertiary alicyclic amines) is 1. The van der Waals surface area contributed by atoms with Crippen LogP contribution in [0.3, 0.4) is 0 Å². The molecule has 0 saturated carbocycles. The summed E-state index contributed by atoms with van der Waals surface area (Å²) in [6.45, 7) is 3.48. The first kappa shape index (κ1) is 13.8. The van der Waals surface area contributed by atoms with Crippen LogP contribution in [-0.2, 0) is 10.0 Å². The Hall–Kier alpha value is -0.140. The molecule has 2 saturated heterocycles. The Balaban J connectivity index is 1.73. The second-order valence-electron chi connectivity index (χ2n) is 5.11. The number of nitrogens with zero attached hydrogens (tertiary/aromatic N) is 2. The van der Waals surface area contributed by atoms with Crippen LogP contribution in [0.25, 0.3) is 0 Å². The molecule has 0 aliphatic carbocycles. The third kappa shape index (κ3) is 2.69. The lowest BCUT2D eigenvalue weighted by Gasteiger charge is -2.23. The molecular weight excluding hydrogens is 304 g/mol. The van der Waals surface area contributed by atoms with E-state index in [-0.39, 0.29) is 0 Å². The van der Waals surface area contributed by atoms with E-state index in [2.05, 4.69) is 4.90 Å². The predicted octanol–water partition coefficient (Wildman–Crippen LogP) is 2.26. The largest absolute Gasteiger partial charge is 0.299 e. The first-order valence-corrected chi connectivity index (χ1v) is 9.20. The zero-order valence-corrected chi connectivity index (χ0v) is 13.0. The summed E-state index contributed by atoms with van der Waals surface area (Å²) in [6, 6.07) is 3.64. The molecule has 7 heteroatoms. The average Bonchev–Trinajstić information content (AvgIpc) is 3.10. The van der Waals surface area contributed by atoms with Gasteiger partial charge in [0, 0.05) is 19.1 Å². The highest BCUT2D eigenvalue weighted by Crippen LogP contribution is 2.31. The van der Waals surface area contributed by atoms with Gasteiger partial charge in [-0.15, -0.1) is 11.3 Å². The highest BCUT2D eigenvalue weighted by molar-refractivity contribution is 7.91. The van der Waals surface area contributed by atoms with Crippen molar-refractivity contribution in [1.82, 2.24) is 9.21 Å². The van der Waals surface area contributed by atoms with E-state index in [0.717, 1.165) is 30.8 Å². The van der Waals surface area contributed by atoms with Crippen molar-refractivity contribution >= 4 is 33.0 Å². The van der Waals surface area contributed by atoms with Crippen LogP contribution in [0.4, 0.5) is 0 Å². The summed E-state index contributed by atoms with van der Waals surface area (Å²) in [5, 5.41) is 0. The molecule has 4 nitrogen and oxygen atoms in total. The predicted molar refractivity (Wildman–Crippen MR) is 77.3 cm³/mol. The molecule has 106 valence electrons. The molecule has 2 aliphatic rings. The van der Waals surface area contributed by atoms with Crippen LogP contribution in [-0.4, -0.2) is 49.8 Å². The molecule has 0 bridgehead atoms. The van der Waals surface area contributed by atoms with Gasteiger partial charge in [0.2, 0.25) is 0 Å². The molecular formula is C12H17ClN2O2S2. The van der Waals surface area contributed by atoms with Crippen molar-refractivity contribution in [3.63, 3.8) is 0 Å². The molecule has 1 aromatic heterocycles. The van der Waals surface area contributed by atoms with Gasteiger partial charge in [0.15, 0.2) is 0 Å². The van der Waals surface area contributed by atoms with Crippen LogP contribution >= 0.6 is 22.9 Å². The summed E-state index contributed by atoms with van der Waals surface area (Å²) in [5.41, 5.74) is 0. The van der Waals surface area contributed by atoms with Gasteiger partial charge in [-0.3, -0.25) is 4.90 Å². The van der Waals surface area contributed by atoms with E-state index in [1.807, 2.05) is 0 Å². The molecule has 2 aliphatic heterocycles. The Kier molecular flexibility index (Phi) is 3.88. The van der Waals surface area contributed by atoms with Crippen LogP contribution < -0.4 is 0 Å². The molecule has 1 aromatic rings. The second kappa shape index (κ2) is 5.33. The standard InChI is InChI=1S/C12H17ClN2O2S2/c13-11-3-4-12(18-11)19(16,17)15-8-5-10(9-15)14-6-1-2-7-14/h3-4,10H,1-2,5-9H2. The molecule has 0 amide bonds. The topological polar surface area (TPSA) is 40.6 Å². The van der Waals surface area contributed by atoms with Crippen LogP contribution in [0.15, 0.2) is 16.3 Å². The Bertz CT molecular complexity index is 552. The summed E-state index contributed by atoms with van der Waals surface area (Å²) in [6.07, 6.45) is 3.42. The average molecular weight is 321 g/mol. The van der Waals surface area contributed by atoms with Crippen molar-refractivity contribution < 1.29 is 8.42 Å². The van der Waals surface area contributed by atoms with Gasteiger partial charge in [-0.25, -0.2) is 8.42 Å². The van der Waals surface area contributed by atoms with Crippen molar-refractivity contribution in [2.24, 2.45) is 0 Å². The molecule has 1 atom stereocenters. The zero-order valence-electron chi connectivity index (χ0n) is 10.6. The molecule has 1 unspecified atom stereocenters. The lowest BCUT2D eigenvalue weighted by Crippen LogP contribution is -2.36. The minimum Gasteiger partial charge on any atom is -0.299 e. The molecule has 0 N–H and O–H groups in total. The summed E-state index contributed by atoms with van der Waals surface area (Å²) < 4.78 is 27.4. The molecule has 0 aromatic carbocycles. The first-order chi connectivity index (χ1) is 9.07. The molecule has 3 heterocycles. The number of sulfonamides is 1. The van der Waals surface area contributed by atoms with Gasteiger partial charge >= 0.3 is 0 Å². The highest BCUT2D eigenvalue weighted by Gasteiger charge is 2.36. The molecule has 0 spiro atoms. The number of hydrogen-bond acceptors (Lipinski definition) is 4. The van der Waals surface area contributed by atoms with E-state index in [1.54, 1.807) is 16.4 Å². The van der Waals surface area contributed by atoms with Gasteiger partial charge in [0.25, 0.3) is 10.0 Å². The monoisotopic (exact) mass is 320 g/mol. The molecule has 19 heavy (non-hydrogen) atoms. The van der Waals surface area contributed by atoms with Crippen molar-refractivity contribution in [3.8, 4) is 0 Å². The Morgan fingerprint density at radius 3 is 2.58 bits per heavy atom. The van der Waals surface area contributed by atoms with Crippen molar-refractivity contribution in [2.75, 3.05) is 26.2 Å². The number of thiophene rings is 1. The van der Waals surface area contributed by atoms with E-state index < -0.39 is 10.0 Å². The Labute approximate surface area is 123 Å². The van der Waals surface area contributed by atoms with Crippen molar-refractivity contribution in [1.29, 1.82) is 0 Å². The van der Waals surface area contributed by atoms with Crippen LogP contribution in [0.1, 0.15) is 19.3 Å². The normalized spacial score (nSPS) is 26.3. The maximum atomic E-state index is 12.5. The van der Waals surface area contributed by atoms with E-state index in [9.17, 15) is 8.42 Å². The van der Waals surface area contributed by atoms with Crippen LogP contribution in [0.2, 0.25) is 4.34 Å². The minimum absolute atomic E-state index is 0.361. The molecule has 2 fully saturated rings. The summed E-state index contributed by atoms with van der Waals surface area (Å²) >= 11 is 6.97. The molecule has 3 rings (SSSR count). The third-order valence-corrected chi connectivity index (χ3v) is 7.49. The fourth-order valence-corrected chi connectivity index (χ4v) is 6.03. The van der Waals surface area contributed by atoms with E-state index >= 15 is 0 Å². The first-order valence-electron chi connectivity index (χ1n) is 6.57. The maximum Gasteiger partial charge on any atom is 0.252 e. The number of hydrogen-bond donors (Lipinski definition) is 0. The lowest BCUT2D eigenvalue weighted by molar-refractivity contribution is 0.251. The molecule has 0 radical (unpaired) electrons. The maximum absolute atomic E-state index is 12.5. The fraction of sp³-hybridized carbons (Fsp3) is 0.667. The van der Waals surface area contributed by atoms with Crippen molar-refractivity contribution in [2.45, 2.75) is 29.5 Å². The van der Waals surface area contributed by atoms with Gasteiger partial charge in [0.05, 0.1) is 4.34 Å². The summed E-state index contributed by atoms with van der Waals surface area (Å²) in [5.74, 6) is 0. The Morgan fingerprint density at radius 1 is 1.21 bits per heavy atom. The minimum atomic E-state index is -3.34. The smallest absolute Gasteiger partial charge is 0.252 e. The zero-order chi connectivity index (χ0) is 13.5. The number of rotatable bonds is 3. The number of halogens is 1. The van der Waals surface area contributed by atoms with Gasteiger partial charge in [-0.05, 0) is 44.5 Å². The summed E-state index contributed by atoms with van der Waals surface area (Å²) in [7, 11) is -3.34. The lowest BCUT2D eigenvalue weighted by atomic mass is 10.2. The third-order valence-electron chi connectivity index (χ3n) is 3.93. The van der Waals surface area contributed by atoms with E-state index in [4.69, 9.17) is 11.6 Å². The quantitative estimate of drug-likeness (QED) is 0.857. The van der Waals surface area contributed by atoms with Gasteiger partial charge < -0.3 is 0 Å². The highest BCUT2D eigenvalue weighted by atomic mass is 35.5. The fourth-order valence-electron chi connectivity index (χ4n) is 2.90. The Morgan fingerprint density at radius 2 is 1.95 bits per heavy atom. The van der Waals surface area contributed by atoms with Crippen molar-refractivity contribution in [3.05, 3.63) is 16.5 Å². The van der Waals surface area contributed by atoms with E-state index in [1.165, 1.54) is 12.8 Å². The second-order valence-corrected chi connectivity index (χ2v) is 8.99. The van der Waals surface area contributed by atoms with Crippen LogP contribution in [0.5, 0.6) is 0 Å². The van der Waals surface area contributed by atoms with Gasteiger partial charge in [0.1, 0.15) is 4.21 Å². The van der Waals surface area contributed by atoms with Gasteiger partial charge in [-0.2, -0.15) is 4.31 Å². The SMILES string of the molecule is O=S(=O)(c1ccc(Cl)s1)N1CCC(N2CCCC2)C1. The van der Waals surface area contributed by atoms with Crippen LogP contribution in [0, 0.1) is 0 Å². The van der Waals surface area contributed by atoms with Gasteiger partial charge in [-0.1, -0.05) is 11.6 Å².